The monoisotopic (exact) mass is 278 g/mol. The lowest BCUT2D eigenvalue weighted by atomic mass is 10.2. The molecule has 1 aromatic heterocycles. The standard InChI is InChI=1S/C12H14N4O2S/c1-2-7-16-11(13-14-15-16)8-19-10-5-3-9(4-6-10)12(17)18/h3-6H,2,7-8H2,1H3,(H,17,18). The average molecular weight is 278 g/mol. The number of carbonyl (C=O) groups is 1. The minimum atomic E-state index is -0.913. The molecule has 0 aliphatic rings. The predicted molar refractivity (Wildman–Crippen MR) is 71.1 cm³/mol. The Morgan fingerprint density at radius 2 is 2.11 bits per heavy atom. The maximum absolute atomic E-state index is 10.7. The fraction of sp³-hybridized carbons (Fsp3) is 0.333. The summed E-state index contributed by atoms with van der Waals surface area (Å²) >= 11 is 1.58. The summed E-state index contributed by atoms with van der Waals surface area (Å²) in [5.41, 5.74) is 0.292. The van der Waals surface area contributed by atoms with Crippen LogP contribution in [0.25, 0.3) is 0 Å². The summed E-state index contributed by atoms with van der Waals surface area (Å²) in [6.07, 6.45) is 0.982. The van der Waals surface area contributed by atoms with Crippen LogP contribution in [0.3, 0.4) is 0 Å². The summed E-state index contributed by atoms with van der Waals surface area (Å²) in [5.74, 6) is 0.581. The SMILES string of the molecule is CCCn1nnnc1CSc1ccc(C(=O)O)cc1. The van der Waals surface area contributed by atoms with Crippen molar-refractivity contribution in [1.82, 2.24) is 20.2 Å². The normalized spacial score (nSPS) is 10.6. The van der Waals surface area contributed by atoms with E-state index in [1.54, 1.807) is 40.7 Å². The number of rotatable bonds is 6. The summed E-state index contributed by atoms with van der Waals surface area (Å²) in [7, 11) is 0. The number of hydrogen-bond acceptors (Lipinski definition) is 5. The van der Waals surface area contributed by atoms with E-state index < -0.39 is 5.97 Å². The van der Waals surface area contributed by atoms with E-state index >= 15 is 0 Å². The molecule has 0 aliphatic heterocycles. The van der Waals surface area contributed by atoms with Gasteiger partial charge >= 0.3 is 5.97 Å². The molecule has 2 aromatic rings. The zero-order valence-electron chi connectivity index (χ0n) is 10.5. The van der Waals surface area contributed by atoms with Crippen molar-refractivity contribution in [2.75, 3.05) is 0 Å². The van der Waals surface area contributed by atoms with E-state index in [2.05, 4.69) is 22.4 Å². The van der Waals surface area contributed by atoms with Crippen LogP contribution < -0.4 is 0 Å². The molecule has 2 rings (SSSR count). The van der Waals surface area contributed by atoms with Crippen molar-refractivity contribution in [3.05, 3.63) is 35.7 Å². The number of hydrogen-bond donors (Lipinski definition) is 1. The van der Waals surface area contributed by atoms with Crippen LogP contribution in [0.1, 0.15) is 29.5 Å². The molecule has 0 bridgehead atoms. The second kappa shape index (κ2) is 6.33. The maximum Gasteiger partial charge on any atom is 0.335 e. The molecule has 0 spiro atoms. The fourth-order valence-corrected chi connectivity index (χ4v) is 2.38. The van der Waals surface area contributed by atoms with Crippen LogP contribution >= 0.6 is 11.8 Å². The Morgan fingerprint density at radius 1 is 1.37 bits per heavy atom. The molecule has 100 valence electrons. The number of aromatic carboxylic acids is 1. The van der Waals surface area contributed by atoms with Crippen molar-refractivity contribution in [3.63, 3.8) is 0 Å². The van der Waals surface area contributed by atoms with Gasteiger partial charge in [0, 0.05) is 11.4 Å². The molecular formula is C12H14N4O2S. The Labute approximate surface area is 114 Å². The zero-order valence-corrected chi connectivity index (χ0v) is 11.3. The quantitative estimate of drug-likeness (QED) is 0.815. The van der Waals surface area contributed by atoms with Crippen molar-refractivity contribution in [2.24, 2.45) is 0 Å². The van der Waals surface area contributed by atoms with E-state index in [1.807, 2.05) is 0 Å². The highest BCUT2D eigenvalue weighted by Crippen LogP contribution is 2.22. The number of tetrazole rings is 1. The molecule has 0 saturated heterocycles. The van der Waals surface area contributed by atoms with E-state index in [9.17, 15) is 4.79 Å². The predicted octanol–water partition coefficient (Wildman–Crippen LogP) is 2.07. The Bertz CT molecular complexity index is 553. The second-order valence-corrected chi connectivity index (χ2v) is 4.99. The van der Waals surface area contributed by atoms with Crippen LogP contribution in [0.15, 0.2) is 29.2 Å². The number of thioether (sulfide) groups is 1. The number of benzene rings is 1. The van der Waals surface area contributed by atoms with Crippen molar-refractivity contribution >= 4 is 17.7 Å². The first-order valence-corrected chi connectivity index (χ1v) is 6.90. The van der Waals surface area contributed by atoms with Crippen LogP contribution in [0.5, 0.6) is 0 Å². The lowest BCUT2D eigenvalue weighted by Crippen LogP contribution is -2.04. The van der Waals surface area contributed by atoms with Gasteiger partial charge in [-0.25, -0.2) is 9.48 Å². The first-order chi connectivity index (χ1) is 9.20. The fourth-order valence-electron chi connectivity index (χ4n) is 1.55. The van der Waals surface area contributed by atoms with Crippen molar-refractivity contribution in [2.45, 2.75) is 30.5 Å². The molecule has 1 N–H and O–H groups in total. The van der Waals surface area contributed by atoms with E-state index in [1.165, 1.54) is 0 Å². The summed E-state index contributed by atoms with van der Waals surface area (Å²) < 4.78 is 1.79. The van der Waals surface area contributed by atoms with E-state index in [0.717, 1.165) is 23.7 Å². The highest BCUT2D eigenvalue weighted by atomic mass is 32.2. The minimum absolute atomic E-state index is 0.292. The molecule has 0 aliphatic carbocycles. The van der Waals surface area contributed by atoms with Crippen LogP contribution in [0.4, 0.5) is 0 Å². The number of aryl methyl sites for hydroxylation is 1. The summed E-state index contributed by atoms with van der Waals surface area (Å²) in [6, 6.07) is 6.78. The molecule has 0 amide bonds. The molecule has 0 saturated carbocycles. The maximum atomic E-state index is 10.7. The third-order valence-corrected chi connectivity index (χ3v) is 3.52. The van der Waals surface area contributed by atoms with Gasteiger partial charge in [0.05, 0.1) is 11.3 Å². The largest absolute Gasteiger partial charge is 0.478 e. The Morgan fingerprint density at radius 3 is 2.74 bits per heavy atom. The van der Waals surface area contributed by atoms with Crippen LogP contribution in [-0.4, -0.2) is 31.3 Å². The van der Waals surface area contributed by atoms with Gasteiger partial charge in [-0.3, -0.25) is 0 Å². The first-order valence-electron chi connectivity index (χ1n) is 5.92. The molecule has 19 heavy (non-hydrogen) atoms. The third-order valence-electron chi connectivity index (χ3n) is 2.51. The van der Waals surface area contributed by atoms with E-state index in [4.69, 9.17) is 5.11 Å². The van der Waals surface area contributed by atoms with Gasteiger partial charge < -0.3 is 5.11 Å². The smallest absolute Gasteiger partial charge is 0.335 e. The van der Waals surface area contributed by atoms with Crippen LogP contribution in [-0.2, 0) is 12.3 Å². The third kappa shape index (κ3) is 3.54. The van der Waals surface area contributed by atoms with Crippen molar-refractivity contribution < 1.29 is 9.90 Å². The number of nitrogens with zero attached hydrogens (tertiary/aromatic N) is 4. The molecule has 7 heteroatoms. The number of carboxylic acids is 1. The van der Waals surface area contributed by atoms with Gasteiger partial charge in [0.15, 0.2) is 5.82 Å². The van der Waals surface area contributed by atoms with Gasteiger partial charge in [0.2, 0.25) is 0 Å². The van der Waals surface area contributed by atoms with Gasteiger partial charge in [0.25, 0.3) is 0 Å². The average Bonchev–Trinajstić information content (AvgIpc) is 2.85. The lowest BCUT2D eigenvalue weighted by Gasteiger charge is -2.03. The summed E-state index contributed by atoms with van der Waals surface area (Å²) in [4.78, 5) is 11.7. The summed E-state index contributed by atoms with van der Waals surface area (Å²) in [6.45, 7) is 2.88. The van der Waals surface area contributed by atoms with Crippen LogP contribution in [0, 0.1) is 0 Å². The molecule has 6 nitrogen and oxygen atoms in total. The molecular weight excluding hydrogens is 264 g/mol. The van der Waals surface area contributed by atoms with Gasteiger partial charge in [-0.05, 0) is 41.1 Å². The first kappa shape index (κ1) is 13.5. The highest BCUT2D eigenvalue weighted by molar-refractivity contribution is 7.98. The number of aromatic nitrogens is 4. The van der Waals surface area contributed by atoms with Crippen LogP contribution in [0.2, 0.25) is 0 Å². The van der Waals surface area contributed by atoms with Gasteiger partial charge in [-0.2, -0.15) is 0 Å². The van der Waals surface area contributed by atoms with E-state index in [-0.39, 0.29) is 0 Å². The Hall–Kier alpha value is -1.89. The second-order valence-electron chi connectivity index (χ2n) is 3.94. The minimum Gasteiger partial charge on any atom is -0.478 e. The molecule has 1 heterocycles. The molecule has 1 aromatic carbocycles. The van der Waals surface area contributed by atoms with Gasteiger partial charge in [-0.1, -0.05) is 6.92 Å². The van der Waals surface area contributed by atoms with Gasteiger partial charge in [0.1, 0.15) is 0 Å². The van der Waals surface area contributed by atoms with Crippen molar-refractivity contribution in [1.29, 1.82) is 0 Å². The molecule has 0 atom stereocenters. The van der Waals surface area contributed by atoms with E-state index in [0.29, 0.717) is 11.3 Å². The van der Waals surface area contributed by atoms with Crippen molar-refractivity contribution in [3.8, 4) is 0 Å². The topological polar surface area (TPSA) is 80.9 Å². The number of carboxylic acid groups (broad SMARTS) is 1. The Balaban J connectivity index is 1.98. The molecule has 0 radical (unpaired) electrons. The lowest BCUT2D eigenvalue weighted by molar-refractivity contribution is 0.0697. The highest BCUT2D eigenvalue weighted by Gasteiger charge is 2.07. The molecule has 0 fully saturated rings. The zero-order chi connectivity index (χ0) is 13.7. The molecule has 0 unspecified atom stereocenters. The Kier molecular flexibility index (Phi) is 4.51. The van der Waals surface area contributed by atoms with Gasteiger partial charge in [-0.15, -0.1) is 16.9 Å². The summed E-state index contributed by atoms with van der Waals surface area (Å²) in [5, 5.41) is 20.4.